The Labute approximate surface area is 167 Å². The summed E-state index contributed by atoms with van der Waals surface area (Å²) in [6.45, 7) is 5.46. The van der Waals surface area contributed by atoms with E-state index in [4.69, 9.17) is 0 Å². The maximum atomic E-state index is 11.6. The lowest BCUT2D eigenvalue weighted by Crippen LogP contribution is -2.38. The third kappa shape index (κ3) is 11.0. The van der Waals surface area contributed by atoms with E-state index in [1.165, 1.54) is 12.2 Å². The first-order valence-electron chi connectivity index (χ1n) is 8.44. The fourth-order valence-electron chi connectivity index (χ4n) is 2.15. The second-order valence-corrected chi connectivity index (χ2v) is 6.31. The van der Waals surface area contributed by atoms with Crippen molar-refractivity contribution < 1.29 is 0 Å². The van der Waals surface area contributed by atoms with Gasteiger partial charge in [0.1, 0.15) is 0 Å². The average Bonchev–Trinajstić information content (AvgIpc) is 2.55. The van der Waals surface area contributed by atoms with Crippen LogP contribution < -0.4 is 16.2 Å². The van der Waals surface area contributed by atoms with Gasteiger partial charge < -0.3 is 15.2 Å². The van der Waals surface area contributed by atoms with E-state index in [0.29, 0.717) is 0 Å². The third-order valence-electron chi connectivity index (χ3n) is 3.39. The topological polar surface area (TPSA) is 58.4 Å². The highest BCUT2D eigenvalue weighted by Gasteiger charge is 1.98. The molecule has 7 heteroatoms. The minimum absolute atomic E-state index is 0. The van der Waals surface area contributed by atoms with E-state index >= 15 is 0 Å². The van der Waals surface area contributed by atoms with E-state index in [0.717, 1.165) is 51.4 Å². The van der Waals surface area contributed by atoms with Crippen LogP contribution in [-0.2, 0) is 6.54 Å². The Balaban J connectivity index is 0.00000529. The lowest BCUT2D eigenvalue weighted by molar-refractivity contribution is 0.585. The van der Waals surface area contributed by atoms with E-state index < -0.39 is 0 Å². The number of aliphatic imine (C=N–C) groups is 1. The van der Waals surface area contributed by atoms with Crippen LogP contribution in [0.25, 0.3) is 0 Å². The third-order valence-corrected chi connectivity index (χ3v) is 4.08. The molecular formula is C17H31IN4OS. The first-order chi connectivity index (χ1) is 11.3. The molecule has 1 rings (SSSR count). The molecule has 1 heterocycles. The van der Waals surface area contributed by atoms with E-state index in [1.54, 1.807) is 16.7 Å². The molecule has 0 aliphatic rings. The number of thioether (sulfide) groups is 1. The average molecular weight is 466 g/mol. The van der Waals surface area contributed by atoms with Gasteiger partial charge in [-0.1, -0.05) is 6.07 Å². The molecule has 0 amide bonds. The van der Waals surface area contributed by atoms with Crippen LogP contribution in [0.5, 0.6) is 0 Å². The Kier molecular flexibility index (Phi) is 15.3. The van der Waals surface area contributed by atoms with Gasteiger partial charge in [0, 0.05) is 38.4 Å². The fraction of sp³-hybridized carbons (Fsp3) is 0.647. The number of aromatic nitrogens is 1. The standard InChI is InChI=1S/C17H30N4OS.HI/c1-3-18-17(20-12-6-9-15-23-2)19-11-5-8-14-21-13-7-4-10-16(21)22;/h4,7,10,13H,3,5-6,8-9,11-12,14-15H2,1-2H3,(H2,18,19,20);1H. The molecular weight excluding hydrogens is 435 g/mol. The molecule has 24 heavy (non-hydrogen) atoms. The van der Waals surface area contributed by atoms with Crippen molar-refractivity contribution in [2.75, 3.05) is 31.6 Å². The maximum Gasteiger partial charge on any atom is 0.250 e. The lowest BCUT2D eigenvalue weighted by atomic mass is 10.3. The van der Waals surface area contributed by atoms with Crippen LogP contribution in [0.1, 0.15) is 32.6 Å². The van der Waals surface area contributed by atoms with Gasteiger partial charge in [0.2, 0.25) is 5.56 Å². The zero-order valence-corrected chi connectivity index (χ0v) is 17.9. The van der Waals surface area contributed by atoms with Crippen molar-refractivity contribution in [1.29, 1.82) is 0 Å². The summed E-state index contributed by atoms with van der Waals surface area (Å²) in [5.41, 5.74) is 0.0700. The second kappa shape index (κ2) is 15.8. The maximum absolute atomic E-state index is 11.6. The fourth-order valence-corrected chi connectivity index (χ4v) is 2.64. The Bertz CT molecular complexity index is 507. The zero-order chi connectivity index (χ0) is 16.8. The number of aryl methyl sites for hydroxylation is 1. The summed E-state index contributed by atoms with van der Waals surface area (Å²) in [5, 5.41) is 6.63. The smallest absolute Gasteiger partial charge is 0.250 e. The molecule has 0 radical (unpaired) electrons. The highest BCUT2D eigenvalue weighted by Crippen LogP contribution is 1.99. The van der Waals surface area contributed by atoms with E-state index in [2.05, 4.69) is 28.8 Å². The van der Waals surface area contributed by atoms with Gasteiger partial charge in [-0.3, -0.25) is 9.79 Å². The molecule has 0 aromatic carbocycles. The van der Waals surface area contributed by atoms with Gasteiger partial charge in [-0.05, 0) is 50.7 Å². The molecule has 1 aromatic rings. The number of hydrogen-bond donors (Lipinski definition) is 2. The monoisotopic (exact) mass is 466 g/mol. The molecule has 0 spiro atoms. The van der Waals surface area contributed by atoms with Crippen LogP contribution in [0.2, 0.25) is 0 Å². The molecule has 0 aliphatic heterocycles. The summed E-state index contributed by atoms with van der Waals surface area (Å²) >= 11 is 1.89. The van der Waals surface area contributed by atoms with Crippen molar-refractivity contribution in [3.8, 4) is 0 Å². The number of unbranched alkanes of at least 4 members (excludes halogenated alkanes) is 2. The summed E-state index contributed by atoms with van der Waals surface area (Å²) in [4.78, 5) is 16.2. The summed E-state index contributed by atoms with van der Waals surface area (Å²) in [7, 11) is 0. The quantitative estimate of drug-likeness (QED) is 0.228. The Morgan fingerprint density at radius 3 is 2.75 bits per heavy atom. The number of hydrogen-bond acceptors (Lipinski definition) is 3. The first-order valence-corrected chi connectivity index (χ1v) is 9.84. The van der Waals surface area contributed by atoms with E-state index in [-0.39, 0.29) is 29.5 Å². The highest BCUT2D eigenvalue weighted by atomic mass is 127. The predicted octanol–water partition coefficient (Wildman–Crippen LogP) is 2.94. The van der Waals surface area contributed by atoms with Crippen molar-refractivity contribution in [1.82, 2.24) is 15.2 Å². The van der Waals surface area contributed by atoms with Crippen molar-refractivity contribution in [3.63, 3.8) is 0 Å². The minimum Gasteiger partial charge on any atom is -0.357 e. The van der Waals surface area contributed by atoms with Crippen molar-refractivity contribution in [3.05, 3.63) is 34.7 Å². The van der Waals surface area contributed by atoms with Gasteiger partial charge in [-0.25, -0.2) is 0 Å². The Morgan fingerprint density at radius 2 is 2.04 bits per heavy atom. The second-order valence-electron chi connectivity index (χ2n) is 5.33. The summed E-state index contributed by atoms with van der Waals surface area (Å²) in [6, 6.07) is 5.27. The number of rotatable bonds is 11. The number of halogens is 1. The van der Waals surface area contributed by atoms with Crippen LogP contribution in [0.3, 0.4) is 0 Å². The molecule has 0 unspecified atom stereocenters. The number of nitrogens with zero attached hydrogens (tertiary/aromatic N) is 2. The minimum atomic E-state index is 0. The SMILES string of the molecule is CCNC(=NCCCCSC)NCCCCn1ccccc1=O.I. The van der Waals surface area contributed by atoms with Crippen LogP contribution in [0, 0.1) is 0 Å². The van der Waals surface area contributed by atoms with Crippen molar-refractivity contribution in [2.24, 2.45) is 4.99 Å². The van der Waals surface area contributed by atoms with Gasteiger partial charge in [0.25, 0.3) is 0 Å². The molecule has 138 valence electrons. The molecule has 0 saturated carbocycles. The van der Waals surface area contributed by atoms with Gasteiger partial charge in [-0.15, -0.1) is 24.0 Å². The molecule has 0 bridgehead atoms. The van der Waals surface area contributed by atoms with Gasteiger partial charge >= 0.3 is 0 Å². The summed E-state index contributed by atoms with van der Waals surface area (Å²) in [5.74, 6) is 2.10. The van der Waals surface area contributed by atoms with Gasteiger partial charge in [-0.2, -0.15) is 11.8 Å². The number of guanidine groups is 1. The van der Waals surface area contributed by atoms with E-state index in [1.807, 2.05) is 24.0 Å². The molecule has 1 aromatic heterocycles. The molecule has 2 N–H and O–H groups in total. The van der Waals surface area contributed by atoms with Crippen LogP contribution in [0.4, 0.5) is 0 Å². The van der Waals surface area contributed by atoms with Gasteiger partial charge in [0.05, 0.1) is 0 Å². The van der Waals surface area contributed by atoms with Crippen LogP contribution in [-0.4, -0.2) is 42.2 Å². The first kappa shape index (κ1) is 23.3. The summed E-state index contributed by atoms with van der Waals surface area (Å²) < 4.78 is 1.75. The lowest BCUT2D eigenvalue weighted by Gasteiger charge is -2.11. The molecule has 0 saturated heterocycles. The molecule has 5 nitrogen and oxygen atoms in total. The normalized spacial score (nSPS) is 11.0. The largest absolute Gasteiger partial charge is 0.357 e. The van der Waals surface area contributed by atoms with Crippen LogP contribution in [0.15, 0.2) is 34.2 Å². The number of pyridine rings is 1. The molecule has 0 atom stereocenters. The van der Waals surface area contributed by atoms with Gasteiger partial charge in [0.15, 0.2) is 5.96 Å². The van der Waals surface area contributed by atoms with Crippen LogP contribution >= 0.6 is 35.7 Å². The Hall–Kier alpha value is -0.700. The highest BCUT2D eigenvalue weighted by molar-refractivity contribution is 14.0. The summed E-state index contributed by atoms with van der Waals surface area (Å²) in [6.07, 6.45) is 8.32. The van der Waals surface area contributed by atoms with E-state index in [9.17, 15) is 4.79 Å². The Morgan fingerprint density at radius 1 is 1.21 bits per heavy atom. The predicted molar refractivity (Wildman–Crippen MR) is 117 cm³/mol. The number of nitrogens with one attached hydrogen (secondary N) is 2. The van der Waals surface area contributed by atoms with Crippen molar-refractivity contribution in [2.45, 2.75) is 39.2 Å². The molecule has 0 fully saturated rings. The van der Waals surface area contributed by atoms with Crippen molar-refractivity contribution >= 4 is 41.7 Å². The zero-order valence-electron chi connectivity index (χ0n) is 14.8. The molecule has 0 aliphatic carbocycles.